The zero-order valence-electron chi connectivity index (χ0n) is 17.6. The van der Waals surface area contributed by atoms with Crippen molar-refractivity contribution >= 4 is 29.2 Å². The minimum atomic E-state index is -0.378. The smallest absolute Gasteiger partial charge is 0.309 e. The molecule has 1 N–H and O–H groups in total. The Morgan fingerprint density at radius 2 is 1.73 bits per heavy atom. The summed E-state index contributed by atoms with van der Waals surface area (Å²) in [6, 6.07) is 12.9. The molecule has 0 aliphatic rings. The summed E-state index contributed by atoms with van der Waals surface area (Å²) >= 11 is 6.12. The van der Waals surface area contributed by atoms with Crippen molar-refractivity contribution < 1.29 is 23.8 Å². The van der Waals surface area contributed by atoms with Gasteiger partial charge in [-0.2, -0.15) is 0 Å². The number of anilines is 1. The van der Waals surface area contributed by atoms with Gasteiger partial charge in [-0.1, -0.05) is 48.9 Å². The van der Waals surface area contributed by atoms with Crippen molar-refractivity contribution in [3.05, 3.63) is 53.1 Å². The third-order valence-electron chi connectivity index (χ3n) is 4.50. The highest BCUT2D eigenvalue weighted by atomic mass is 35.5. The first-order valence-electron chi connectivity index (χ1n) is 9.43. The van der Waals surface area contributed by atoms with Gasteiger partial charge in [0.2, 0.25) is 5.91 Å². The molecule has 162 valence electrons. The first kappa shape index (κ1) is 23.5. The Morgan fingerprint density at radius 3 is 2.33 bits per heavy atom. The van der Waals surface area contributed by atoms with Gasteiger partial charge in [-0.25, -0.2) is 0 Å². The number of rotatable bonds is 10. The van der Waals surface area contributed by atoms with E-state index in [1.54, 1.807) is 19.1 Å². The number of carbonyl (C=O) groups excluding carboxylic acids is 2. The van der Waals surface area contributed by atoms with Gasteiger partial charge in [-0.05, 0) is 5.56 Å². The summed E-state index contributed by atoms with van der Waals surface area (Å²) in [5.74, 6) is -0.111. The Bertz CT molecular complexity index is 860. The summed E-state index contributed by atoms with van der Waals surface area (Å²) in [7, 11) is 4.34. The third-order valence-corrected chi connectivity index (χ3v) is 4.80. The molecular formula is C22H27ClN2O5. The topological polar surface area (TPSA) is 77.1 Å². The van der Waals surface area contributed by atoms with Crippen molar-refractivity contribution in [1.29, 1.82) is 0 Å². The zero-order valence-corrected chi connectivity index (χ0v) is 18.4. The largest absolute Gasteiger partial charge is 0.495 e. The van der Waals surface area contributed by atoms with E-state index in [0.29, 0.717) is 35.3 Å². The Hall–Kier alpha value is -2.77. The van der Waals surface area contributed by atoms with Crippen molar-refractivity contribution in [2.24, 2.45) is 5.92 Å². The number of ether oxygens (including phenoxy) is 3. The maximum atomic E-state index is 12.8. The van der Waals surface area contributed by atoms with Crippen LogP contribution < -0.4 is 14.8 Å². The van der Waals surface area contributed by atoms with Crippen molar-refractivity contribution in [2.75, 3.05) is 39.7 Å². The number of amides is 1. The second kappa shape index (κ2) is 11.4. The average Bonchev–Trinajstić information content (AvgIpc) is 2.74. The minimum absolute atomic E-state index is 0.0737. The van der Waals surface area contributed by atoms with Crippen molar-refractivity contribution in [3.8, 4) is 11.5 Å². The first-order chi connectivity index (χ1) is 14.4. The van der Waals surface area contributed by atoms with E-state index in [1.807, 2.05) is 35.2 Å². The summed E-state index contributed by atoms with van der Waals surface area (Å²) in [4.78, 5) is 26.6. The fraction of sp³-hybridized carbons (Fsp3) is 0.364. The summed E-state index contributed by atoms with van der Waals surface area (Å²) in [5, 5.41) is 3.22. The lowest BCUT2D eigenvalue weighted by molar-refractivity contribution is -0.145. The van der Waals surface area contributed by atoms with E-state index in [1.165, 1.54) is 21.3 Å². The van der Waals surface area contributed by atoms with Crippen molar-refractivity contribution in [3.63, 3.8) is 0 Å². The number of nitrogens with zero attached hydrogens (tertiary/aromatic N) is 1. The molecule has 2 aromatic carbocycles. The lowest BCUT2D eigenvalue weighted by Gasteiger charge is -2.24. The van der Waals surface area contributed by atoms with Crippen LogP contribution in [0.15, 0.2) is 42.5 Å². The fourth-order valence-corrected chi connectivity index (χ4v) is 3.27. The van der Waals surface area contributed by atoms with Crippen LogP contribution in [-0.4, -0.2) is 51.2 Å². The number of nitrogens with one attached hydrogen (secondary N) is 1. The molecule has 0 aromatic heterocycles. The summed E-state index contributed by atoms with van der Waals surface area (Å²) in [6.45, 7) is 2.73. The Labute approximate surface area is 181 Å². The third kappa shape index (κ3) is 6.64. The molecule has 7 nitrogen and oxygen atoms in total. The van der Waals surface area contributed by atoms with Gasteiger partial charge in [0.1, 0.15) is 11.5 Å². The minimum Gasteiger partial charge on any atom is -0.495 e. The molecule has 0 aliphatic heterocycles. The molecule has 0 aliphatic carbocycles. The van der Waals surface area contributed by atoms with Crippen LogP contribution >= 0.6 is 11.6 Å². The number of methoxy groups -OCH3 is 3. The number of halogens is 1. The normalized spacial score (nSPS) is 11.7. The molecule has 30 heavy (non-hydrogen) atoms. The second-order valence-corrected chi connectivity index (χ2v) is 7.22. The molecule has 2 aromatic rings. The van der Waals surface area contributed by atoms with E-state index in [0.717, 1.165) is 5.56 Å². The van der Waals surface area contributed by atoms with E-state index in [2.05, 4.69) is 5.32 Å². The summed E-state index contributed by atoms with van der Waals surface area (Å²) in [5.41, 5.74) is 1.48. The standard InChI is InChI=1S/C22H27ClN2O5/c1-15(22(27)30-4)12-25(13-16-8-6-5-7-9-16)14-21(26)24-18-11-19(28-2)17(23)10-20(18)29-3/h5-11,15H,12-14H2,1-4H3,(H,24,26). The molecule has 0 saturated heterocycles. The van der Waals surface area contributed by atoms with Crippen LogP contribution in [0.2, 0.25) is 5.02 Å². The molecule has 1 unspecified atom stereocenters. The van der Waals surface area contributed by atoms with E-state index in [9.17, 15) is 9.59 Å². The molecule has 0 radical (unpaired) electrons. The molecular weight excluding hydrogens is 408 g/mol. The van der Waals surface area contributed by atoms with E-state index >= 15 is 0 Å². The fourth-order valence-electron chi connectivity index (χ4n) is 3.04. The van der Waals surface area contributed by atoms with E-state index < -0.39 is 0 Å². The van der Waals surface area contributed by atoms with Crippen LogP contribution in [0, 0.1) is 5.92 Å². The quantitative estimate of drug-likeness (QED) is 0.576. The predicted octanol–water partition coefficient (Wildman–Crippen LogP) is 3.61. The van der Waals surface area contributed by atoms with Crippen molar-refractivity contribution in [2.45, 2.75) is 13.5 Å². The van der Waals surface area contributed by atoms with Crippen LogP contribution in [0.5, 0.6) is 11.5 Å². The maximum Gasteiger partial charge on any atom is 0.309 e. The Balaban J connectivity index is 2.16. The number of hydrogen-bond donors (Lipinski definition) is 1. The first-order valence-corrected chi connectivity index (χ1v) is 9.81. The molecule has 2 rings (SSSR count). The van der Waals surface area contributed by atoms with Crippen molar-refractivity contribution in [1.82, 2.24) is 4.90 Å². The van der Waals surface area contributed by atoms with Gasteiger partial charge in [0, 0.05) is 25.2 Å². The van der Waals surface area contributed by atoms with Gasteiger partial charge in [0.05, 0.1) is 44.5 Å². The van der Waals surface area contributed by atoms with Crippen LogP contribution in [0.25, 0.3) is 0 Å². The molecule has 0 bridgehead atoms. The molecule has 0 spiro atoms. The number of benzene rings is 2. The molecule has 0 saturated carbocycles. The zero-order chi connectivity index (χ0) is 22.1. The van der Waals surface area contributed by atoms with Gasteiger partial charge in [-0.3, -0.25) is 14.5 Å². The lowest BCUT2D eigenvalue weighted by Crippen LogP contribution is -2.37. The molecule has 1 atom stereocenters. The predicted molar refractivity (Wildman–Crippen MR) is 116 cm³/mol. The summed E-state index contributed by atoms with van der Waals surface area (Å²) in [6.07, 6.45) is 0. The average molecular weight is 435 g/mol. The molecule has 8 heteroatoms. The van der Waals surface area contributed by atoms with Gasteiger partial charge in [-0.15, -0.1) is 0 Å². The van der Waals surface area contributed by atoms with Gasteiger partial charge in [0.25, 0.3) is 0 Å². The van der Waals surface area contributed by atoms with E-state index in [-0.39, 0.29) is 24.3 Å². The highest BCUT2D eigenvalue weighted by Crippen LogP contribution is 2.35. The lowest BCUT2D eigenvalue weighted by atomic mass is 10.1. The second-order valence-electron chi connectivity index (χ2n) is 6.81. The highest BCUT2D eigenvalue weighted by Gasteiger charge is 2.21. The molecule has 1 amide bonds. The van der Waals surface area contributed by atoms with Crippen LogP contribution in [0.4, 0.5) is 5.69 Å². The van der Waals surface area contributed by atoms with Gasteiger partial charge >= 0.3 is 5.97 Å². The summed E-state index contributed by atoms with van der Waals surface area (Å²) < 4.78 is 15.3. The maximum absolute atomic E-state index is 12.8. The molecule has 0 fully saturated rings. The highest BCUT2D eigenvalue weighted by molar-refractivity contribution is 6.32. The number of hydrogen-bond acceptors (Lipinski definition) is 6. The number of carbonyl (C=O) groups is 2. The van der Waals surface area contributed by atoms with Crippen LogP contribution in [-0.2, 0) is 20.9 Å². The van der Waals surface area contributed by atoms with E-state index in [4.69, 9.17) is 25.8 Å². The van der Waals surface area contributed by atoms with Gasteiger partial charge < -0.3 is 19.5 Å². The Morgan fingerprint density at radius 1 is 1.07 bits per heavy atom. The number of esters is 1. The van der Waals surface area contributed by atoms with Crippen LogP contribution in [0.3, 0.4) is 0 Å². The monoisotopic (exact) mass is 434 g/mol. The van der Waals surface area contributed by atoms with Gasteiger partial charge in [0.15, 0.2) is 0 Å². The SMILES string of the molecule is COC(=O)C(C)CN(CC(=O)Nc1cc(OC)c(Cl)cc1OC)Cc1ccccc1. The van der Waals surface area contributed by atoms with Crippen LogP contribution in [0.1, 0.15) is 12.5 Å². The Kier molecular flexibility index (Phi) is 8.95. The molecule has 0 heterocycles.